The van der Waals surface area contributed by atoms with Crippen molar-refractivity contribution >= 4 is 39.9 Å². The van der Waals surface area contributed by atoms with E-state index in [4.69, 9.17) is 20.9 Å². The number of hydrogen-bond acceptors (Lipinski definition) is 6. The van der Waals surface area contributed by atoms with Crippen LogP contribution in [0.4, 0.5) is 0 Å². The first kappa shape index (κ1) is 27.0. The van der Waals surface area contributed by atoms with Gasteiger partial charge in [-0.25, -0.2) is 9.79 Å². The van der Waals surface area contributed by atoms with Crippen LogP contribution in [0, 0.1) is 12.3 Å². The molecule has 0 spiro atoms. The average Bonchev–Trinajstić information content (AvgIpc) is 3.35. The standard InChI is InChI=1S/C35H26N2O4S/c1-3-21-41-28-20-19-23-13-11-12-18-26(23)27(28)22-29-33(38)37-32(25-16-9-6-10-17-25)30(34(39)40-4-2)31(36-35(37)42-29)24-14-7-5-8-15-24/h1,5-20,22,32H,4,21H2,2H3/t32-/m1/s1. The summed E-state index contributed by atoms with van der Waals surface area (Å²) in [5.41, 5.74) is 2.82. The van der Waals surface area contributed by atoms with Gasteiger partial charge in [0.1, 0.15) is 12.4 Å². The molecule has 0 bridgehead atoms. The number of carbonyl (C=O) groups excluding carboxylic acids is 1. The summed E-state index contributed by atoms with van der Waals surface area (Å²) in [6.45, 7) is 2.05. The molecule has 1 aromatic heterocycles. The number of rotatable bonds is 7. The van der Waals surface area contributed by atoms with Crippen LogP contribution in [0.25, 0.3) is 22.5 Å². The molecule has 0 unspecified atom stereocenters. The summed E-state index contributed by atoms with van der Waals surface area (Å²) in [4.78, 5) is 33.3. The molecule has 4 aromatic carbocycles. The fraction of sp³-hybridized carbons (Fsp3) is 0.114. The molecule has 0 N–H and O–H groups in total. The highest BCUT2D eigenvalue weighted by Crippen LogP contribution is 2.35. The van der Waals surface area contributed by atoms with Crippen molar-refractivity contribution in [1.82, 2.24) is 4.57 Å². The lowest BCUT2D eigenvalue weighted by atomic mass is 9.93. The van der Waals surface area contributed by atoms with Gasteiger partial charge in [-0.1, -0.05) is 108 Å². The molecular formula is C35H26N2O4S. The normalized spacial score (nSPS) is 14.7. The first-order valence-corrected chi connectivity index (χ1v) is 14.3. The van der Waals surface area contributed by atoms with Crippen LogP contribution < -0.4 is 19.6 Å². The van der Waals surface area contributed by atoms with Crippen molar-refractivity contribution in [2.45, 2.75) is 13.0 Å². The number of nitrogens with zero attached hydrogens (tertiary/aromatic N) is 2. The Morgan fingerprint density at radius 1 is 1.00 bits per heavy atom. The molecule has 1 atom stereocenters. The van der Waals surface area contributed by atoms with Gasteiger partial charge < -0.3 is 9.47 Å². The molecule has 0 radical (unpaired) electrons. The number of fused-ring (bicyclic) bond motifs is 2. The minimum atomic E-state index is -0.733. The Kier molecular flexibility index (Phi) is 7.54. The Labute approximate surface area is 246 Å². The molecule has 6 rings (SSSR count). The molecule has 5 aromatic rings. The first-order valence-electron chi connectivity index (χ1n) is 13.5. The van der Waals surface area contributed by atoms with Crippen molar-refractivity contribution in [3.63, 3.8) is 0 Å². The summed E-state index contributed by atoms with van der Waals surface area (Å²) >= 11 is 1.27. The van der Waals surface area contributed by atoms with Crippen LogP contribution in [-0.2, 0) is 9.53 Å². The molecule has 6 nitrogen and oxygen atoms in total. The molecule has 42 heavy (non-hydrogen) atoms. The molecule has 206 valence electrons. The van der Waals surface area contributed by atoms with Gasteiger partial charge in [0.2, 0.25) is 0 Å². The van der Waals surface area contributed by atoms with Gasteiger partial charge in [0.15, 0.2) is 4.80 Å². The highest BCUT2D eigenvalue weighted by molar-refractivity contribution is 7.07. The zero-order valence-electron chi connectivity index (χ0n) is 22.8. The summed E-state index contributed by atoms with van der Waals surface area (Å²) in [5, 5.41) is 1.93. The number of esters is 1. The van der Waals surface area contributed by atoms with E-state index in [9.17, 15) is 9.59 Å². The van der Waals surface area contributed by atoms with E-state index < -0.39 is 12.0 Å². The zero-order chi connectivity index (χ0) is 29.1. The van der Waals surface area contributed by atoms with Crippen molar-refractivity contribution in [3.8, 4) is 18.1 Å². The van der Waals surface area contributed by atoms with E-state index in [0.717, 1.165) is 27.5 Å². The number of hydrogen-bond donors (Lipinski definition) is 0. The summed E-state index contributed by atoms with van der Waals surface area (Å²) in [7, 11) is 0. The monoisotopic (exact) mass is 570 g/mol. The van der Waals surface area contributed by atoms with E-state index in [1.165, 1.54) is 11.3 Å². The van der Waals surface area contributed by atoms with Crippen molar-refractivity contribution in [2.75, 3.05) is 13.2 Å². The van der Waals surface area contributed by atoms with E-state index in [1.54, 1.807) is 11.5 Å². The number of carbonyl (C=O) groups is 1. The maximum Gasteiger partial charge on any atom is 0.338 e. The smallest absolute Gasteiger partial charge is 0.338 e. The minimum absolute atomic E-state index is 0.0950. The van der Waals surface area contributed by atoms with Gasteiger partial charge in [-0.15, -0.1) is 6.42 Å². The summed E-state index contributed by atoms with van der Waals surface area (Å²) in [6, 6.07) is 30.0. The van der Waals surface area contributed by atoms with E-state index in [-0.39, 0.29) is 18.8 Å². The van der Waals surface area contributed by atoms with Gasteiger partial charge in [-0.05, 0) is 35.4 Å². The van der Waals surface area contributed by atoms with E-state index in [2.05, 4.69) is 5.92 Å². The zero-order valence-corrected chi connectivity index (χ0v) is 23.6. The van der Waals surface area contributed by atoms with E-state index in [0.29, 0.717) is 26.4 Å². The lowest BCUT2D eigenvalue weighted by Crippen LogP contribution is -2.40. The Morgan fingerprint density at radius 3 is 2.45 bits per heavy atom. The van der Waals surface area contributed by atoms with Crippen LogP contribution in [0.1, 0.15) is 29.7 Å². The van der Waals surface area contributed by atoms with Crippen LogP contribution in [0.2, 0.25) is 0 Å². The third kappa shape index (κ3) is 4.93. The quantitative estimate of drug-likeness (QED) is 0.202. The number of benzene rings is 4. The Balaban J connectivity index is 1.66. The summed E-state index contributed by atoms with van der Waals surface area (Å²) < 4.78 is 13.5. The maximum atomic E-state index is 14.3. The third-order valence-corrected chi connectivity index (χ3v) is 7.99. The van der Waals surface area contributed by atoms with Gasteiger partial charge in [-0.3, -0.25) is 9.36 Å². The predicted molar refractivity (Wildman–Crippen MR) is 166 cm³/mol. The largest absolute Gasteiger partial charge is 0.480 e. The molecule has 0 fully saturated rings. The summed E-state index contributed by atoms with van der Waals surface area (Å²) in [6.07, 6.45) is 7.31. The van der Waals surface area contributed by atoms with Crippen LogP contribution in [0.3, 0.4) is 0 Å². The number of thiazole rings is 1. The van der Waals surface area contributed by atoms with Gasteiger partial charge in [-0.2, -0.15) is 0 Å². The predicted octanol–water partition coefficient (Wildman–Crippen LogP) is 5.10. The van der Waals surface area contributed by atoms with Gasteiger partial charge in [0, 0.05) is 11.1 Å². The molecular weight excluding hydrogens is 544 g/mol. The first-order chi connectivity index (χ1) is 20.6. The van der Waals surface area contributed by atoms with E-state index in [1.807, 2.05) is 103 Å². The minimum Gasteiger partial charge on any atom is -0.480 e. The van der Waals surface area contributed by atoms with E-state index >= 15 is 0 Å². The van der Waals surface area contributed by atoms with Gasteiger partial charge in [0.05, 0.1) is 28.5 Å². The number of terminal acetylenes is 1. The molecule has 2 heterocycles. The molecule has 0 saturated heterocycles. The molecule has 1 aliphatic heterocycles. The fourth-order valence-electron chi connectivity index (χ4n) is 5.19. The Morgan fingerprint density at radius 2 is 1.71 bits per heavy atom. The van der Waals surface area contributed by atoms with Crippen molar-refractivity contribution in [2.24, 2.45) is 4.99 Å². The second-order valence-electron chi connectivity index (χ2n) is 9.53. The molecule has 0 aliphatic carbocycles. The Bertz CT molecular complexity index is 2050. The summed E-state index contributed by atoms with van der Waals surface area (Å²) in [5.74, 6) is 2.58. The van der Waals surface area contributed by atoms with Crippen LogP contribution in [-0.4, -0.2) is 23.8 Å². The molecule has 0 amide bonds. The van der Waals surface area contributed by atoms with Crippen LogP contribution in [0.15, 0.2) is 112 Å². The lowest BCUT2D eigenvalue weighted by molar-refractivity contribution is -0.138. The Hall–Kier alpha value is -5.19. The molecule has 7 heteroatoms. The number of ether oxygens (including phenoxy) is 2. The van der Waals surface area contributed by atoms with Crippen molar-refractivity contribution < 1.29 is 14.3 Å². The highest BCUT2D eigenvalue weighted by Gasteiger charge is 2.35. The highest BCUT2D eigenvalue weighted by atomic mass is 32.1. The van der Waals surface area contributed by atoms with Gasteiger partial charge >= 0.3 is 5.97 Å². The van der Waals surface area contributed by atoms with Crippen molar-refractivity contribution in [3.05, 3.63) is 139 Å². The van der Waals surface area contributed by atoms with Crippen molar-refractivity contribution in [1.29, 1.82) is 0 Å². The molecule has 0 saturated carbocycles. The maximum absolute atomic E-state index is 14.3. The number of aromatic nitrogens is 1. The van der Waals surface area contributed by atoms with Crippen LogP contribution >= 0.6 is 11.3 Å². The molecule has 1 aliphatic rings. The van der Waals surface area contributed by atoms with Gasteiger partial charge in [0.25, 0.3) is 5.56 Å². The van der Waals surface area contributed by atoms with Crippen LogP contribution in [0.5, 0.6) is 5.75 Å². The second kappa shape index (κ2) is 11.7. The SMILES string of the molecule is C#CCOc1ccc2ccccc2c1C=c1sc2n(c1=O)[C@H](c1ccccc1)C(C(=O)OCC)=C(c1ccccc1)N=2. The lowest BCUT2D eigenvalue weighted by Gasteiger charge is -2.25. The average molecular weight is 571 g/mol. The topological polar surface area (TPSA) is 69.9 Å². The second-order valence-corrected chi connectivity index (χ2v) is 10.5. The third-order valence-electron chi connectivity index (χ3n) is 7.01. The fourth-order valence-corrected chi connectivity index (χ4v) is 6.17.